The van der Waals surface area contributed by atoms with Crippen molar-refractivity contribution in [2.45, 2.75) is 31.7 Å². The van der Waals surface area contributed by atoms with Crippen molar-refractivity contribution in [1.82, 2.24) is 19.4 Å². The fourth-order valence-electron chi connectivity index (χ4n) is 4.92. The maximum absolute atomic E-state index is 13.2. The van der Waals surface area contributed by atoms with Crippen LogP contribution >= 0.6 is 60.4 Å². The van der Waals surface area contributed by atoms with Crippen LogP contribution in [0.1, 0.15) is 23.0 Å². The van der Waals surface area contributed by atoms with Gasteiger partial charge in [-0.2, -0.15) is 13.2 Å². The number of rotatable bonds is 8. The van der Waals surface area contributed by atoms with Crippen molar-refractivity contribution in [1.29, 1.82) is 0 Å². The van der Waals surface area contributed by atoms with E-state index in [4.69, 9.17) is 23.2 Å². The molecular weight excluding hydrogens is 670 g/mol. The van der Waals surface area contributed by atoms with Crippen molar-refractivity contribution in [2.75, 3.05) is 31.6 Å². The van der Waals surface area contributed by atoms with Gasteiger partial charge in [0.25, 0.3) is 0 Å². The minimum absolute atomic E-state index is 0. The highest BCUT2D eigenvalue weighted by atomic mass is 35.5. The van der Waals surface area contributed by atoms with Crippen LogP contribution in [0.25, 0.3) is 10.9 Å². The van der Waals surface area contributed by atoms with Gasteiger partial charge in [-0.05, 0) is 42.3 Å². The van der Waals surface area contributed by atoms with E-state index in [0.29, 0.717) is 31.2 Å². The number of aromatic nitrogens is 4. The molecule has 0 radical (unpaired) electrons. The Balaban J connectivity index is 0.00000210. The van der Waals surface area contributed by atoms with E-state index in [9.17, 15) is 18.3 Å². The average Bonchev–Trinajstić information content (AvgIpc) is 3.45. The number of nitrogens with zero attached hydrogens (tertiary/aromatic N) is 4. The van der Waals surface area contributed by atoms with Gasteiger partial charge in [0.05, 0.1) is 17.7 Å². The maximum atomic E-state index is 13.2. The second-order valence-corrected chi connectivity index (χ2v) is 9.88. The number of halogens is 9. The molecule has 0 saturated heterocycles. The lowest BCUT2D eigenvalue weighted by Crippen LogP contribution is -3.00. The Morgan fingerprint density at radius 2 is 1.88 bits per heavy atom. The van der Waals surface area contributed by atoms with Gasteiger partial charge in [-0.25, -0.2) is 14.1 Å². The van der Waals surface area contributed by atoms with Gasteiger partial charge < -0.3 is 27.8 Å². The molecule has 1 aliphatic heterocycles. The fourth-order valence-corrected chi connectivity index (χ4v) is 5.31. The Hall–Kier alpha value is -1.63. The number of imidazole rings is 1. The first-order chi connectivity index (χ1) is 17.7. The molecule has 3 N–H and O–H groups in total. The van der Waals surface area contributed by atoms with E-state index in [-0.39, 0.29) is 68.1 Å². The Kier molecular flexibility index (Phi) is 14.3. The molecule has 0 fully saturated rings. The van der Waals surface area contributed by atoms with E-state index in [0.717, 1.165) is 29.6 Å². The summed E-state index contributed by atoms with van der Waals surface area (Å²) >= 11 is 12.0. The van der Waals surface area contributed by atoms with Crippen LogP contribution in [0.4, 0.5) is 19.0 Å². The minimum atomic E-state index is -4.62. The molecule has 5 rings (SSSR count). The Morgan fingerprint density at radius 1 is 1.12 bits per heavy atom. The molecule has 4 aromatic rings. The summed E-state index contributed by atoms with van der Waals surface area (Å²) in [6.07, 6.45) is 2.04. The summed E-state index contributed by atoms with van der Waals surface area (Å²) in [7, 11) is 0. The molecule has 228 valence electrons. The molecule has 3 aromatic heterocycles. The number of aromatic amines is 1. The van der Waals surface area contributed by atoms with E-state index in [1.807, 2.05) is 41.5 Å². The molecule has 0 bridgehead atoms. The fraction of sp³-hybridized carbons (Fsp3) is 0.360. The van der Waals surface area contributed by atoms with E-state index < -0.39 is 16.9 Å². The maximum Gasteiger partial charge on any atom is 0.434 e. The van der Waals surface area contributed by atoms with Gasteiger partial charge >= 0.3 is 6.18 Å². The first kappa shape index (κ1) is 37.4. The molecule has 0 amide bonds. The molecule has 0 spiro atoms. The summed E-state index contributed by atoms with van der Waals surface area (Å²) in [6, 6.07) is 8.48. The van der Waals surface area contributed by atoms with Crippen molar-refractivity contribution >= 4 is 77.1 Å². The number of pyridine rings is 1. The molecule has 0 aliphatic carbocycles. The van der Waals surface area contributed by atoms with Gasteiger partial charge in [-0.15, -0.1) is 37.2 Å². The number of aliphatic hydroxyl groups is 1. The van der Waals surface area contributed by atoms with Crippen LogP contribution in [0.3, 0.4) is 0 Å². The molecule has 4 heterocycles. The number of aliphatic hydroxyl groups excluding tert-OH is 1. The van der Waals surface area contributed by atoms with E-state index in [1.54, 1.807) is 0 Å². The molecule has 1 aromatic carbocycles. The SMILES string of the molecule is Cl.Cl.Cl.OCCn1cc[n+](CC2c3[nH]c4ccc(Cl)cc4c3CCN2CCNc2ccc(Cl)c(C(F)(F)F)n2)c1.[Cl-]. The summed E-state index contributed by atoms with van der Waals surface area (Å²) in [6.45, 7) is 2.98. The lowest BCUT2D eigenvalue weighted by molar-refractivity contribution is -0.702. The molecule has 16 heteroatoms. The number of nitrogens with one attached hydrogen (secondary N) is 2. The zero-order chi connectivity index (χ0) is 26.2. The number of anilines is 1. The summed E-state index contributed by atoms with van der Waals surface area (Å²) in [5.41, 5.74) is 2.26. The van der Waals surface area contributed by atoms with Crippen LogP contribution in [0, 0.1) is 0 Å². The zero-order valence-corrected chi connectivity index (χ0v) is 26.1. The smallest absolute Gasteiger partial charge is 0.434 e. The largest absolute Gasteiger partial charge is 1.00 e. The minimum Gasteiger partial charge on any atom is -1.00 e. The van der Waals surface area contributed by atoms with Crippen molar-refractivity contribution < 1.29 is 35.3 Å². The second kappa shape index (κ2) is 15.7. The average molecular weight is 699 g/mol. The van der Waals surface area contributed by atoms with Gasteiger partial charge in [0, 0.05) is 41.3 Å². The molecule has 1 unspecified atom stereocenters. The molecule has 1 aliphatic rings. The third-order valence-electron chi connectivity index (χ3n) is 6.63. The monoisotopic (exact) mass is 696 g/mol. The molecule has 1 atom stereocenters. The Bertz CT molecular complexity index is 1420. The zero-order valence-electron chi connectivity index (χ0n) is 21.4. The third kappa shape index (κ3) is 8.48. The Labute approximate surface area is 270 Å². The predicted octanol–water partition coefficient (Wildman–Crippen LogP) is 2.95. The number of hydrogen-bond acceptors (Lipinski definition) is 4. The predicted molar refractivity (Wildman–Crippen MR) is 158 cm³/mol. The third-order valence-corrected chi connectivity index (χ3v) is 7.17. The standard InChI is InChI=1S/C25H26Cl2F3N6O.4ClH/c26-16-1-3-20-18(13-16)17-5-7-36(8-6-31-22-4-2-19(27)24(33-22)25(28,29)30)21(23(17)32-20)14-35-10-9-34(15-35)11-12-37;;;;/h1-4,9-10,13,15,21,32,37H,5-8,11-12,14H2,(H,31,33);4*1H/q+1;;;;/p-1. The van der Waals surface area contributed by atoms with Crippen LogP contribution in [0.2, 0.25) is 10.0 Å². The molecule has 41 heavy (non-hydrogen) atoms. The first-order valence-electron chi connectivity index (χ1n) is 11.9. The highest BCUT2D eigenvalue weighted by Gasteiger charge is 2.36. The lowest BCUT2D eigenvalue weighted by atomic mass is 9.97. The van der Waals surface area contributed by atoms with Crippen molar-refractivity contribution in [2.24, 2.45) is 0 Å². The van der Waals surface area contributed by atoms with Gasteiger partial charge in [-0.1, -0.05) is 23.2 Å². The van der Waals surface area contributed by atoms with E-state index >= 15 is 0 Å². The molecule has 7 nitrogen and oxygen atoms in total. The van der Waals surface area contributed by atoms with Crippen molar-refractivity contribution in [3.05, 3.63) is 76.0 Å². The van der Waals surface area contributed by atoms with Crippen LogP contribution in [0.15, 0.2) is 49.1 Å². The van der Waals surface area contributed by atoms with Crippen molar-refractivity contribution in [3.63, 3.8) is 0 Å². The van der Waals surface area contributed by atoms with Gasteiger partial charge in [0.1, 0.15) is 31.3 Å². The Morgan fingerprint density at radius 3 is 2.59 bits per heavy atom. The number of fused-ring (bicyclic) bond motifs is 3. The lowest BCUT2D eigenvalue weighted by Gasteiger charge is -2.35. The quantitative estimate of drug-likeness (QED) is 0.248. The van der Waals surface area contributed by atoms with Crippen LogP contribution < -0.4 is 22.3 Å². The second-order valence-electron chi connectivity index (χ2n) is 9.03. The summed E-state index contributed by atoms with van der Waals surface area (Å²) in [5.74, 6) is 0.127. The molecule has 0 saturated carbocycles. The van der Waals surface area contributed by atoms with E-state index in [2.05, 4.69) is 24.8 Å². The van der Waals surface area contributed by atoms with Gasteiger partial charge in [0.2, 0.25) is 6.33 Å². The number of H-pyrrole nitrogens is 1. The highest BCUT2D eigenvalue weighted by Crippen LogP contribution is 2.36. The van der Waals surface area contributed by atoms with E-state index in [1.165, 1.54) is 17.7 Å². The summed E-state index contributed by atoms with van der Waals surface area (Å²) < 4.78 is 43.6. The number of benzene rings is 1. The van der Waals surface area contributed by atoms with Crippen LogP contribution in [0.5, 0.6) is 0 Å². The normalized spacial score (nSPS) is 14.7. The number of hydrogen-bond donors (Lipinski definition) is 3. The number of alkyl halides is 3. The summed E-state index contributed by atoms with van der Waals surface area (Å²) in [5, 5.41) is 13.6. The summed E-state index contributed by atoms with van der Waals surface area (Å²) in [4.78, 5) is 9.56. The van der Waals surface area contributed by atoms with Crippen molar-refractivity contribution in [3.8, 4) is 0 Å². The van der Waals surface area contributed by atoms with Crippen LogP contribution in [-0.4, -0.2) is 50.8 Å². The van der Waals surface area contributed by atoms with Crippen LogP contribution in [-0.2, 0) is 25.7 Å². The van der Waals surface area contributed by atoms with Gasteiger partial charge in [0.15, 0.2) is 5.69 Å². The first-order valence-corrected chi connectivity index (χ1v) is 12.7. The topological polar surface area (TPSA) is 73.0 Å². The van der Waals surface area contributed by atoms with Gasteiger partial charge in [-0.3, -0.25) is 4.90 Å². The highest BCUT2D eigenvalue weighted by molar-refractivity contribution is 6.31. The molecular formula is C25H29Cl6F3N6O.